The van der Waals surface area contributed by atoms with Crippen LogP contribution < -0.4 is 14.8 Å². The molecule has 0 unspecified atom stereocenters. The summed E-state index contributed by atoms with van der Waals surface area (Å²) in [7, 11) is 0. The van der Waals surface area contributed by atoms with Crippen molar-refractivity contribution >= 4 is 63.8 Å². The van der Waals surface area contributed by atoms with Gasteiger partial charge in [0.1, 0.15) is 0 Å². The van der Waals surface area contributed by atoms with Gasteiger partial charge in [0.25, 0.3) is 17.1 Å². The molecule has 0 bridgehead atoms. The molecule has 10 heteroatoms. The maximum atomic E-state index is 13.0. The van der Waals surface area contributed by atoms with Crippen LogP contribution >= 0.6 is 35.0 Å². The molecule has 1 aliphatic heterocycles. The minimum atomic E-state index is -0.405. The number of carbonyl (C=O) groups is 3. The molecule has 1 heterocycles. The summed E-state index contributed by atoms with van der Waals surface area (Å²) in [4.78, 5) is 39.4. The third-order valence-corrected chi connectivity index (χ3v) is 7.56. The standard InChI is InChI=1S/C29H26Cl2N2O5S/c1-4-37-25-13-19(7-10-24(25)38-16-27(34)32-21-8-5-17(2)18(3)11-21)14-26-28(35)33(29(36)39-26)15-20-6-9-22(30)23(31)12-20/h5-14H,4,15-16H2,1-3H3,(H,32,34)/b26-14-. The van der Waals surface area contributed by atoms with Crippen LogP contribution in [0.1, 0.15) is 29.2 Å². The molecular formula is C29H26Cl2N2O5S. The van der Waals surface area contributed by atoms with E-state index in [9.17, 15) is 14.4 Å². The zero-order valence-corrected chi connectivity index (χ0v) is 23.9. The number of hydrogen-bond acceptors (Lipinski definition) is 6. The molecule has 0 radical (unpaired) electrons. The molecule has 4 rings (SSSR count). The van der Waals surface area contributed by atoms with Crippen molar-refractivity contribution in [2.45, 2.75) is 27.3 Å². The Morgan fingerprint density at radius 1 is 0.949 bits per heavy atom. The zero-order valence-electron chi connectivity index (χ0n) is 21.5. The molecule has 0 aliphatic carbocycles. The Morgan fingerprint density at radius 3 is 2.46 bits per heavy atom. The van der Waals surface area contributed by atoms with Gasteiger partial charge in [-0.2, -0.15) is 0 Å². The monoisotopic (exact) mass is 584 g/mol. The molecule has 1 N–H and O–H groups in total. The molecule has 1 fully saturated rings. The van der Waals surface area contributed by atoms with Gasteiger partial charge in [-0.25, -0.2) is 0 Å². The van der Waals surface area contributed by atoms with Crippen molar-refractivity contribution < 1.29 is 23.9 Å². The summed E-state index contributed by atoms with van der Waals surface area (Å²) in [6, 6.07) is 15.8. The topological polar surface area (TPSA) is 84.9 Å². The first-order valence-electron chi connectivity index (χ1n) is 12.1. The number of rotatable bonds is 9. The van der Waals surface area contributed by atoms with Crippen LogP contribution in [0.4, 0.5) is 10.5 Å². The Balaban J connectivity index is 1.44. The predicted molar refractivity (Wildman–Crippen MR) is 156 cm³/mol. The minimum Gasteiger partial charge on any atom is -0.490 e. The minimum absolute atomic E-state index is 0.0834. The van der Waals surface area contributed by atoms with E-state index in [1.54, 1.807) is 42.5 Å². The van der Waals surface area contributed by atoms with Crippen molar-refractivity contribution in [2.24, 2.45) is 0 Å². The van der Waals surface area contributed by atoms with Crippen molar-refractivity contribution in [3.63, 3.8) is 0 Å². The van der Waals surface area contributed by atoms with E-state index in [2.05, 4.69) is 5.32 Å². The van der Waals surface area contributed by atoms with Gasteiger partial charge in [0, 0.05) is 5.69 Å². The first-order chi connectivity index (χ1) is 18.6. The number of thioether (sulfide) groups is 1. The second-order valence-corrected chi connectivity index (χ2v) is 10.6. The highest BCUT2D eigenvalue weighted by Crippen LogP contribution is 2.36. The molecule has 39 heavy (non-hydrogen) atoms. The number of ether oxygens (including phenoxy) is 2. The molecule has 1 saturated heterocycles. The Kier molecular flexibility index (Phi) is 9.22. The number of aryl methyl sites for hydroxylation is 2. The third kappa shape index (κ3) is 7.15. The lowest BCUT2D eigenvalue weighted by molar-refractivity contribution is -0.123. The molecule has 7 nitrogen and oxygen atoms in total. The first kappa shape index (κ1) is 28.5. The summed E-state index contributed by atoms with van der Waals surface area (Å²) < 4.78 is 11.4. The normalized spacial score (nSPS) is 14.2. The summed E-state index contributed by atoms with van der Waals surface area (Å²) in [5, 5.41) is 3.19. The molecular weight excluding hydrogens is 559 g/mol. The van der Waals surface area contributed by atoms with Crippen molar-refractivity contribution in [1.82, 2.24) is 4.90 Å². The van der Waals surface area contributed by atoms with Gasteiger partial charge in [0.05, 0.1) is 28.1 Å². The van der Waals surface area contributed by atoms with Gasteiger partial charge < -0.3 is 14.8 Å². The van der Waals surface area contributed by atoms with Gasteiger partial charge in [-0.05, 0) is 97.3 Å². The molecule has 202 valence electrons. The lowest BCUT2D eigenvalue weighted by Crippen LogP contribution is -2.27. The van der Waals surface area contributed by atoms with E-state index >= 15 is 0 Å². The smallest absolute Gasteiger partial charge is 0.293 e. The van der Waals surface area contributed by atoms with E-state index in [0.29, 0.717) is 45.0 Å². The quantitative estimate of drug-likeness (QED) is 0.266. The average Bonchev–Trinajstić information content (AvgIpc) is 3.15. The van der Waals surface area contributed by atoms with Crippen LogP contribution in [0.5, 0.6) is 11.5 Å². The van der Waals surface area contributed by atoms with Gasteiger partial charge in [-0.15, -0.1) is 0 Å². The lowest BCUT2D eigenvalue weighted by atomic mass is 10.1. The van der Waals surface area contributed by atoms with Crippen LogP contribution in [0, 0.1) is 13.8 Å². The average molecular weight is 586 g/mol. The van der Waals surface area contributed by atoms with Gasteiger partial charge in [0.2, 0.25) is 0 Å². The Bertz CT molecular complexity index is 1470. The highest BCUT2D eigenvalue weighted by molar-refractivity contribution is 8.18. The Labute approximate surface area is 241 Å². The number of nitrogens with one attached hydrogen (secondary N) is 1. The van der Waals surface area contributed by atoms with E-state index in [0.717, 1.165) is 27.8 Å². The van der Waals surface area contributed by atoms with Crippen LogP contribution in [0.3, 0.4) is 0 Å². The largest absolute Gasteiger partial charge is 0.490 e. The van der Waals surface area contributed by atoms with E-state index in [1.165, 1.54) is 0 Å². The molecule has 1 aliphatic rings. The highest BCUT2D eigenvalue weighted by Gasteiger charge is 2.35. The first-order valence-corrected chi connectivity index (χ1v) is 13.7. The molecule has 3 aromatic rings. The summed E-state index contributed by atoms with van der Waals surface area (Å²) >= 11 is 12.9. The summed E-state index contributed by atoms with van der Waals surface area (Å²) in [5.74, 6) is 0.0926. The molecule has 0 atom stereocenters. The van der Waals surface area contributed by atoms with Crippen molar-refractivity contribution in [2.75, 3.05) is 18.5 Å². The predicted octanol–water partition coefficient (Wildman–Crippen LogP) is 7.26. The third-order valence-electron chi connectivity index (χ3n) is 5.91. The van der Waals surface area contributed by atoms with Crippen LogP contribution in [-0.2, 0) is 16.1 Å². The second kappa shape index (κ2) is 12.6. The lowest BCUT2D eigenvalue weighted by Gasteiger charge is -2.13. The van der Waals surface area contributed by atoms with Gasteiger partial charge >= 0.3 is 0 Å². The fourth-order valence-corrected chi connectivity index (χ4v) is 4.93. The second-order valence-electron chi connectivity index (χ2n) is 8.79. The van der Waals surface area contributed by atoms with Gasteiger partial charge in [-0.1, -0.05) is 41.4 Å². The molecule has 0 saturated carbocycles. The summed E-state index contributed by atoms with van der Waals surface area (Å²) in [6.45, 7) is 6.06. The Morgan fingerprint density at radius 2 is 1.74 bits per heavy atom. The van der Waals surface area contributed by atoms with Crippen LogP contribution in [0.15, 0.2) is 59.5 Å². The molecule has 0 spiro atoms. The van der Waals surface area contributed by atoms with E-state index in [-0.39, 0.29) is 29.2 Å². The highest BCUT2D eigenvalue weighted by atomic mass is 35.5. The fourth-order valence-electron chi connectivity index (χ4n) is 3.77. The van der Waals surface area contributed by atoms with Gasteiger partial charge in [-0.3, -0.25) is 19.3 Å². The molecule has 3 aromatic carbocycles. The maximum Gasteiger partial charge on any atom is 0.293 e. The zero-order chi connectivity index (χ0) is 28.1. The Hall–Kier alpha value is -3.46. The van der Waals surface area contributed by atoms with Crippen molar-refractivity contribution in [1.29, 1.82) is 0 Å². The fraction of sp³-hybridized carbons (Fsp3) is 0.207. The van der Waals surface area contributed by atoms with Crippen LogP contribution in [-0.4, -0.2) is 35.2 Å². The number of hydrogen-bond donors (Lipinski definition) is 1. The van der Waals surface area contributed by atoms with Gasteiger partial charge in [0.15, 0.2) is 18.1 Å². The van der Waals surface area contributed by atoms with Crippen molar-refractivity contribution in [3.05, 3.63) is 91.8 Å². The van der Waals surface area contributed by atoms with Crippen LogP contribution in [0.25, 0.3) is 6.08 Å². The van der Waals surface area contributed by atoms with E-state index < -0.39 is 5.91 Å². The number of benzene rings is 3. The summed E-state index contributed by atoms with van der Waals surface area (Å²) in [5.41, 5.74) is 4.25. The number of nitrogens with zero attached hydrogens (tertiary/aromatic N) is 1. The number of anilines is 1. The SMILES string of the molecule is CCOc1cc(/C=C2\SC(=O)N(Cc3ccc(Cl)c(Cl)c3)C2=O)ccc1OCC(=O)Nc1ccc(C)c(C)c1. The summed E-state index contributed by atoms with van der Waals surface area (Å²) in [6.07, 6.45) is 1.62. The number of halogens is 2. The number of carbonyl (C=O) groups excluding carboxylic acids is 3. The van der Waals surface area contributed by atoms with E-state index in [1.807, 2.05) is 39.0 Å². The number of amides is 3. The molecule has 0 aromatic heterocycles. The molecule has 3 amide bonds. The maximum absolute atomic E-state index is 13.0. The van der Waals surface area contributed by atoms with Crippen LogP contribution in [0.2, 0.25) is 10.0 Å². The van der Waals surface area contributed by atoms with E-state index in [4.69, 9.17) is 32.7 Å². The number of imide groups is 1. The van der Waals surface area contributed by atoms with Crippen molar-refractivity contribution in [3.8, 4) is 11.5 Å².